The molecule has 1 saturated heterocycles. The molecule has 4 rings (SSSR count). The van der Waals surface area contributed by atoms with Crippen LogP contribution in [-0.2, 0) is 11.8 Å². The Kier molecular flexibility index (Phi) is 4.76. The van der Waals surface area contributed by atoms with E-state index in [0.717, 1.165) is 31.2 Å². The number of hydrogen-bond acceptors (Lipinski definition) is 2. The largest absolute Gasteiger partial charge is 0.497 e. The highest BCUT2D eigenvalue weighted by Crippen LogP contribution is 2.56. The first-order valence-corrected chi connectivity index (χ1v) is 8.63. The van der Waals surface area contributed by atoms with Gasteiger partial charge in [-0.25, -0.2) is 0 Å². The molecule has 0 spiro atoms. The fraction of sp³-hybridized carbons (Fsp3) is 0.600. The highest BCUT2D eigenvalue weighted by molar-refractivity contribution is 8.93. The Morgan fingerprint density at radius 3 is 3.00 bits per heavy atom. The van der Waals surface area contributed by atoms with Gasteiger partial charge in [-0.3, -0.25) is 4.90 Å². The average Bonchev–Trinajstić information content (AvgIpc) is 2.57. The second kappa shape index (κ2) is 6.49. The van der Waals surface area contributed by atoms with Gasteiger partial charge < -0.3 is 4.74 Å². The van der Waals surface area contributed by atoms with Gasteiger partial charge in [-0.05, 0) is 54.9 Å². The van der Waals surface area contributed by atoms with Crippen molar-refractivity contribution in [3.05, 3.63) is 29.3 Å². The summed E-state index contributed by atoms with van der Waals surface area (Å²) in [5, 5.41) is 0. The van der Waals surface area contributed by atoms with Crippen molar-refractivity contribution < 1.29 is 4.74 Å². The molecule has 2 bridgehead atoms. The Bertz CT molecular complexity index is 623. The van der Waals surface area contributed by atoms with Crippen LogP contribution in [0.4, 0.5) is 0 Å². The predicted molar refractivity (Wildman–Crippen MR) is 99.5 cm³/mol. The summed E-state index contributed by atoms with van der Waals surface area (Å²) in [6, 6.07) is 7.40. The Labute approximate surface area is 150 Å². The van der Waals surface area contributed by atoms with E-state index in [1.54, 1.807) is 12.7 Å². The number of fused-ring (bicyclic) bond motifs is 1. The molecule has 1 saturated carbocycles. The quantitative estimate of drug-likeness (QED) is 0.725. The molecule has 0 aromatic heterocycles. The smallest absolute Gasteiger partial charge is 0.119 e. The third kappa shape index (κ3) is 2.51. The van der Waals surface area contributed by atoms with Crippen molar-refractivity contribution >= 4 is 17.0 Å². The number of benzene rings is 1. The molecule has 3 aliphatic rings. The summed E-state index contributed by atoms with van der Waals surface area (Å²) < 4.78 is 5.52. The number of piperidine rings is 1. The van der Waals surface area contributed by atoms with Crippen LogP contribution >= 0.6 is 17.0 Å². The van der Waals surface area contributed by atoms with Crippen molar-refractivity contribution in [2.45, 2.75) is 50.0 Å². The molecule has 2 aliphatic carbocycles. The number of likely N-dealkylation sites (tertiary alicyclic amines) is 1. The molecule has 1 aliphatic heterocycles. The van der Waals surface area contributed by atoms with Crippen LogP contribution in [0.15, 0.2) is 18.2 Å². The number of nitrogens with zero attached hydrogens (tertiary/aromatic N) is 1. The van der Waals surface area contributed by atoms with Gasteiger partial charge >= 0.3 is 0 Å². The summed E-state index contributed by atoms with van der Waals surface area (Å²) in [7, 11) is 1.78. The SMILES string of the molecule is Br.C#CCN1CC[C@]23CCCC[C@H]2[C@@H]1Cc1ccc(OC)cc13. The molecule has 0 unspecified atom stereocenters. The van der Waals surface area contributed by atoms with Crippen molar-refractivity contribution in [3.63, 3.8) is 0 Å². The number of halogens is 1. The zero-order valence-electron chi connectivity index (χ0n) is 13.9. The molecular formula is C20H26BrNO. The fourth-order valence-electron chi connectivity index (χ4n) is 5.50. The second-order valence-electron chi connectivity index (χ2n) is 7.23. The first-order chi connectivity index (χ1) is 10.8. The Morgan fingerprint density at radius 1 is 1.35 bits per heavy atom. The molecule has 0 N–H and O–H groups in total. The molecule has 1 aromatic carbocycles. The lowest BCUT2D eigenvalue weighted by atomic mass is 9.52. The van der Waals surface area contributed by atoms with E-state index >= 15 is 0 Å². The summed E-state index contributed by atoms with van der Waals surface area (Å²) in [5.74, 6) is 4.68. The van der Waals surface area contributed by atoms with Gasteiger partial charge in [-0.15, -0.1) is 23.4 Å². The molecule has 2 fully saturated rings. The van der Waals surface area contributed by atoms with Crippen molar-refractivity contribution in [1.29, 1.82) is 0 Å². The monoisotopic (exact) mass is 375 g/mol. The summed E-state index contributed by atoms with van der Waals surface area (Å²) in [4.78, 5) is 2.57. The minimum Gasteiger partial charge on any atom is -0.497 e. The van der Waals surface area contributed by atoms with Gasteiger partial charge in [0.15, 0.2) is 0 Å². The van der Waals surface area contributed by atoms with Crippen LogP contribution in [0.25, 0.3) is 0 Å². The fourth-order valence-corrected chi connectivity index (χ4v) is 5.50. The van der Waals surface area contributed by atoms with Gasteiger partial charge in [0.05, 0.1) is 13.7 Å². The van der Waals surface area contributed by atoms with Gasteiger partial charge in [0, 0.05) is 18.0 Å². The molecule has 0 amide bonds. The molecule has 3 heteroatoms. The molecule has 23 heavy (non-hydrogen) atoms. The predicted octanol–water partition coefficient (Wildman–Crippen LogP) is 3.96. The van der Waals surface area contributed by atoms with Crippen LogP contribution in [0.1, 0.15) is 43.2 Å². The number of methoxy groups -OCH3 is 1. The van der Waals surface area contributed by atoms with E-state index in [-0.39, 0.29) is 17.0 Å². The lowest BCUT2D eigenvalue weighted by Gasteiger charge is -2.59. The zero-order chi connectivity index (χ0) is 15.2. The van der Waals surface area contributed by atoms with Crippen molar-refractivity contribution in [1.82, 2.24) is 4.90 Å². The molecule has 2 nitrogen and oxygen atoms in total. The van der Waals surface area contributed by atoms with Crippen LogP contribution in [0, 0.1) is 18.3 Å². The topological polar surface area (TPSA) is 12.5 Å². The standard InChI is InChI=1S/C20H25NO.BrH/c1-3-11-21-12-10-20-9-5-4-6-17(20)19(21)13-15-7-8-16(22-2)14-18(15)20;/h1,7-8,14,17,19H,4-6,9-13H2,2H3;1H/t17-,19-,20+;/m0./s1. The third-order valence-electron chi connectivity index (χ3n) is 6.45. The normalized spacial score (nSPS) is 32.0. The van der Waals surface area contributed by atoms with Crippen LogP contribution in [0.3, 0.4) is 0 Å². The van der Waals surface area contributed by atoms with E-state index < -0.39 is 0 Å². The maximum atomic E-state index is 5.62. The summed E-state index contributed by atoms with van der Waals surface area (Å²) in [5.41, 5.74) is 3.51. The highest BCUT2D eigenvalue weighted by atomic mass is 79.9. The van der Waals surface area contributed by atoms with Crippen molar-refractivity contribution in [3.8, 4) is 18.1 Å². The minimum absolute atomic E-state index is 0. The Balaban J connectivity index is 0.00000156. The molecule has 3 atom stereocenters. The molecule has 0 radical (unpaired) electrons. The van der Waals surface area contributed by atoms with Gasteiger partial charge in [-0.1, -0.05) is 24.8 Å². The van der Waals surface area contributed by atoms with Crippen LogP contribution in [0.2, 0.25) is 0 Å². The van der Waals surface area contributed by atoms with Gasteiger partial charge in [-0.2, -0.15) is 0 Å². The average molecular weight is 376 g/mol. The third-order valence-corrected chi connectivity index (χ3v) is 6.45. The van der Waals surface area contributed by atoms with Gasteiger partial charge in [0.1, 0.15) is 5.75 Å². The minimum atomic E-state index is 0. The van der Waals surface area contributed by atoms with Crippen molar-refractivity contribution in [2.24, 2.45) is 5.92 Å². The van der Waals surface area contributed by atoms with E-state index in [1.165, 1.54) is 37.7 Å². The number of terminal acetylenes is 1. The Morgan fingerprint density at radius 2 is 2.22 bits per heavy atom. The summed E-state index contributed by atoms with van der Waals surface area (Å²) in [6.07, 6.45) is 13.5. The van der Waals surface area contributed by atoms with E-state index in [2.05, 4.69) is 29.0 Å². The highest BCUT2D eigenvalue weighted by Gasteiger charge is 2.53. The van der Waals surface area contributed by atoms with Crippen LogP contribution in [0.5, 0.6) is 5.75 Å². The van der Waals surface area contributed by atoms with Gasteiger partial charge in [0.2, 0.25) is 0 Å². The van der Waals surface area contributed by atoms with Gasteiger partial charge in [0.25, 0.3) is 0 Å². The van der Waals surface area contributed by atoms with Crippen LogP contribution < -0.4 is 4.74 Å². The molecule has 124 valence electrons. The molecule has 1 heterocycles. The maximum Gasteiger partial charge on any atom is 0.119 e. The second-order valence-corrected chi connectivity index (χ2v) is 7.23. The number of rotatable bonds is 2. The van der Waals surface area contributed by atoms with Crippen molar-refractivity contribution in [2.75, 3.05) is 20.2 Å². The number of ether oxygens (including phenoxy) is 1. The summed E-state index contributed by atoms with van der Waals surface area (Å²) >= 11 is 0. The lowest BCUT2D eigenvalue weighted by Crippen LogP contribution is -2.60. The first kappa shape index (κ1) is 16.9. The van der Waals surface area contributed by atoms with E-state index in [4.69, 9.17) is 11.2 Å². The van der Waals surface area contributed by atoms with E-state index in [1.807, 2.05) is 0 Å². The zero-order valence-corrected chi connectivity index (χ0v) is 15.6. The first-order valence-electron chi connectivity index (χ1n) is 8.63. The lowest BCUT2D eigenvalue weighted by molar-refractivity contribution is -0.00416. The van der Waals surface area contributed by atoms with E-state index in [0.29, 0.717) is 11.5 Å². The number of hydrogen-bond donors (Lipinski definition) is 0. The van der Waals surface area contributed by atoms with Crippen LogP contribution in [-0.4, -0.2) is 31.1 Å². The maximum absolute atomic E-state index is 5.62. The van der Waals surface area contributed by atoms with E-state index in [9.17, 15) is 0 Å². The molecule has 1 aromatic rings. The molecular weight excluding hydrogens is 350 g/mol. The summed E-state index contributed by atoms with van der Waals surface area (Å²) in [6.45, 7) is 1.96. The Hall–Kier alpha value is -0.980.